The summed E-state index contributed by atoms with van der Waals surface area (Å²) in [6.07, 6.45) is 11.8. The lowest BCUT2D eigenvalue weighted by atomic mass is 9.88. The van der Waals surface area contributed by atoms with Crippen molar-refractivity contribution in [3.63, 3.8) is 0 Å². The lowest BCUT2D eigenvalue weighted by molar-refractivity contribution is 0.251. The lowest BCUT2D eigenvalue weighted by Gasteiger charge is -2.19. The molecule has 0 unspecified atom stereocenters. The molecule has 0 saturated heterocycles. The van der Waals surface area contributed by atoms with Crippen LogP contribution in [-0.2, 0) is 35.2 Å². The van der Waals surface area contributed by atoms with Gasteiger partial charge in [0.15, 0.2) is 0 Å². The van der Waals surface area contributed by atoms with Crippen molar-refractivity contribution in [3.05, 3.63) is 71.2 Å². The van der Waals surface area contributed by atoms with E-state index < -0.39 is 0 Å². The molecule has 2 aromatic rings. The zero-order valence-electron chi connectivity index (χ0n) is 12.7. The molecular formula is C20H20O2. The van der Waals surface area contributed by atoms with Gasteiger partial charge in [-0.15, -0.1) is 0 Å². The maximum absolute atomic E-state index is 5.52. The summed E-state index contributed by atoms with van der Waals surface area (Å²) in [5.41, 5.74) is 5.75. The predicted molar refractivity (Wildman–Crippen MR) is 88.9 cm³/mol. The number of benzene rings is 2. The molecule has 2 nitrogen and oxygen atoms in total. The molecule has 0 radical (unpaired) electrons. The monoisotopic (exact) mass is 292 g/mol. The van der Waals surface area contributed by atoms with Crippen molar-refractivity contribution in [3.8, 4) is 0 Å². The molecule has 2 aliphatic heterocycles. The highest BCUT2D eigenvalue weighted by molar-refractivity contribution is 5.91. The van der Waals surface area contributed by atoms with Crippen LogP contribution in [0.4, 0.5) is 0 Å². The van der Waals surface area contributed by atoms with E-state index in [1.165, 1.54) is 33.0 Å². The Morgan fingerprint density at radius 3 is 2.18 bits per heavy atom. The van der Waals surface area contributed by atoms with Crippen LogP contribution in [0.15, 0.2) is 48.9 Å². The summed E-state index contributed by atoms with van der Waals surface area (Å²) in [7, 11) is 0. The molecule has 112 valence electrons. The largest absolute Gasteiger partial charge is 0.501 e. The Kier molecular flexibility index (Phi) is 3.59. The fourth-order valence-corrected chi connectivity index (χ4v) is 3.53. The summed E-state index contributed by atoms with van der Waals surface area (Å²) in [4.78, 5) is 0. The van der Waals surface area contributed by atoms with Crippen LogP contribution in [-0.4, -0.2) is 13.2 Å². The van der Waals surface area contributed by atoms with Gasteiger partial charge in [0.25, 0.3) is 0 Å². The molecular weight excluding hydrogens is 272 g/mol. The first-order valence-corrected chi connectivity index (χ1v) is 8.02. The van der Waals surface area contributed by atoms with Gasteiger partial charge in [0.1, 0.15) is 0 Å². The Morgan fingerprint density at radius 2 is 1.32 bits per heavy atom. The molecule has 0 fully saturated rings. The van der Waals surface area contributed by atoms with Crippen LogP contribution in [0.1, 0.15) is 22.3 Å². The second-order valence-electron chi connectivity index (χ2n) is 5.90. The molecule has 2 aliphatic rings. The second kappa shape index (κ2) is 5.88. The molecule has 2 aromatic carbocycles. The summed E-state index contributed by atoms with van der Waals surface area (Å²) < 4.78 is 11.0. The number of fused-ring (bicyclic) bond motifs is 5. The molecule has 0 amide bonds. The van der Waals surface area contributed by atoms with Crippen LogP contribution in [0.25, 0.3) is 10.8 Å². The molecule has 2 heteroatoms. The van der Waals surface area contributed by atoms with Crippen molar-refractivity contribution in [1.29, 1.82) is 0 Å². The number of rotatable bonds is 0. The van der Waals surface area contributed by atoms with Crippen LogP contribution in [0.3, 0.4) is 0 Å². The normalized spacial score (nSPS) is 20.2. The van der Waals surface area contributed by atoms with Crippen LogP contribution in [0, 0.1) is 0 Å². The van der Waals surface area contributed by atoms with E-state index >= 15 is 0 Å². The van der Waals surface area contributed by atoms with Gasteiger partial charge in [0.05, 0.1) is 25.7 Å². The van der Waals surface area contributed by atoms with E-state index in [9.17, 15) is 0 Å². The van der Waals surface area contributed by atoms with E-state index in [0.29, 0.717) is 0 Å². The highest BCUT2D eigenvalue weighted by Crippen LogP contribution is 2.30. The highest BCUT2D eigenvalue weighted by atomic mass is 16.5. The maximum Gasteiger partial charge on any atom is 0.0913 e. The van der Waals surface area contributed by atoms with Crippen LogP contribution >= 0.6 is 0 Å². The Bertz CT molecular complexity index is 756. The quantitative estimate of drug-likeness (QED) is 0.728. The Morgan fingerprint density at radius 1 is 0.636 bits per heavy atom. The lowest BCUT2D eigenvalue weighted by Crippen LogP contribution is -2.06. The average molecular weight is 292 g/mol. The third-order valence-electron chi connectivity index (χ3n) is 4.62. The Hall–Kier alpha value is -2.22. The SMILES string of the molecule is C1=C\OCCc2c(ccc3c4c(ccc23)CCO/C=C\C4)C/1. The fourth-order valence-electron chi connectivity index (χ4n) is 3.53. The van der Waals surface area contributed by atoms with Gasteiger partial charge in [0.2, 0.25) is 0 Å². The van der Waals surface area contributed by atoms with E-state index in [2.05, 4.69) is 36.4 Å². The van der Waals surface area contributed by atoms with Crippen molar-refractivity contribution in [2.45, 2.75) is 25.7 Å². The highest BCUT2D eigenvalue weighted by Gasteiger charge is 2.14. The summed E-state index contributed by atoms with van der Waals surface area (Å²) in [5.74, 6) is 0. The molecule has 0 atom stereocenters. The third-order valence-corrected chi connectivity index (χ3v) is 4.62. The number of allylic oxidation sites excluding steroid dienone is 2. The van der Waals surface area contributed by atoms with Gasteiger partial charge in [-0.25, -0.2) is 0 Å². The first kappa shape index (κ1) is 13.4. The predicted octanol–water partition coefficient (Wildman–Crippen LogP) is 4.10. The van der Waals surface area contributed by atoms with Crippen molar-refractivity contribution in [2.24, 2.45) is 0 Å². The minimum atomic E-state index is 0.757. The standard InChI is InChI=1S/C20H20O2/c1-3-15-5-7-19-17-4-2-12-21-13-9-16(17)6-8-20(19)18(15)10-14-22-11-1/h1-2,5-8,11-12H,3-4,9-10,13-14H2/b11-1-,12-2-. The van der Waals surface area contributed by atoms with Crippen molar-refractivity contribution in [2.75, 3.05) is 13.2 Å². The van der Waals surface area contributed by atoms with E-state index in [1.807, 2.05) is 12.5 Å². The van der Waals surface area contributed by atoms with E-state index in [-0.39, 0.29) is 0 Å². The minimum Gasteiger partial charge on any atom is -0.501 e. The van der Waals surface area contributed by atoms with Gasteiger partial charge in [-0.05, 0) is 58.0 Å². The number of ether oxygens (including phenoxy) is 2. The number of hydrogen-bond acceptors (Lipinski definition) is 2. The zero-order valence-corrected chi connectivity index (χ0v) is 12.7. The molecule has 4 rings (SSSR count). The van der Waals surface area contributed by atoms with Crippen molar-refractivity contribution >= 4 is 10.8 Å². The molecule has 0 spiro atoms. The van der Waals surface area contributed by atoms with Gasteiger partial charge < -0.3 is 9.47 Å². The van der Waals surface area contributed by atoms with Gasteiger partial charge in [0, 0.05) is 12.8 Å². The third kappa shape index (κ3) is 2.39. The van der Waals surface area contributed by atoms with E-state index in [0.717, 1.165) is 38.9 Å². The molecule has 0 aliphatic carbocycles. The zero-order chi connectivity index (χ0) is 14.8. The fraction of sp³-hybridized carbons (Fsp3) is 0.300. The van der Waals surface area contributed by atoms with Crippen molar-refractivity contribution < 1.29 is 9.47 Å². The van der Waals surface area contributed by atoms with Crippen molar-refractivity contribution in [1.82, 2.24) is 0 Å². The molecule has 2 heterocycles. The summed E-state index contributed by atoms with van der Waals surface area (Å²) in [6.45, 7) is 1.52. The van der Waals surface area contributed by atoms with E-state index in [1.54, 1.807) is 0 Å². The van der Waals surface area contributed by atoms with Gasteiger partial charge >= 0.3 is 0 Å². The second-order valence-corrected chi connectivity index (χ2v) is 5.90. The maximum atomic E-state index is 5.52. The summed E-state index contributed by atoms with van der Waals surface area (Å²) in [5, 5.41) is 2.79. The van der Waals surface area contributed by atoms with Gasteiger partial charge in [-0.1, -0.05) is 24.3 Å². The van der Waals surface area contributed by atoms with Crippen LogP contribution in [0.2, 0.25) is 0 Å². The topological polar surface area (TPSA) is 18.5 Å². The van der Waals surface area contributed by atoms with Crippen LogP contribution in [0.5, 0.6) is 0 Å². The Labute approximate surface area is 131 Å². The Balaban J connectivity index is 1.91. The minimum absolute atomic E-state index is 0.757. The smallest absolute Gasteiger partial charge is 0.0913 e. The van der Waals surface area contributed by atoms with Gasteiger partial charge in [-0.2, -0.15) is 0 Å². The molecule has 0 aromatic heterocycles. The molecule has 0 N–H and O–H groups in total. The van der Waals surface area contributed by atoms with Crippen LogP contribution < -0.4 is 0 Å². The average Bonchev–Trinajstić information content (AvgIpc) is 2.47. The molecule has 0 bridgehead atoms. The molecule has 22 heavy (non-hydrogen) atoms. The van der Waals surface area contributed by atoms with Gasteiger partial charge in [-0.3, -0.25) is 0 Å². The first-order chi connectivity index (χ1) is 10.9. The van der Waals surface area contributed by atoms with E-state index in [4.69, 9.17) is 9.47 Å². The summed E-state index contributed by atoms with van der Waals surface area (Å²) in [6, 6.07) is 9.19. The molecule has 0 saturated carbocycles. The summed E-state index contributed by atoms with van der Waals surface area (Å²) >= 11 is 0. The first-order valence-electron chi connectivity index (χ1n) is 8.02. The number of hydrogen-bond donors (Lipinski definition) is 0.